The summed E-state index contributed by atoms with van der Waals surface area (Å²) in [5.41, 5.74) is 3.51. The molecule has 0 aromatic heterocycles. The number of nitrogens with zero attached hydrogens (tertiary/aromatic N) is 2. The molecular formula is C29H27N3O4. The number of fused-ring (bicyclic) bond motifs is 1. The van der Waals surface area contributed by atoms with Gasteiger partial charge in [0.25, 0.3) is 5.91 Å². The van der Waals surface area contributed by atoms with E-state index in [1.165, 1.54) is 4.90 Å². The summed E-state index contributed by atoms with van der Waals surface area (Å²) in [5.74, 6) is -0.472. The van der Waals surface area contributed by atoms with E-state index in [1.54, 1.807) is 0 Å². The summed E-state index contributed by atoms with van der Waals surface area (Å²) < 4.78 is 5.36. The number of aliphatic imine (C=N–C) groups is 1. The Morgan fingerprint density at radius 1 is 0.917 bits per heavy atom. The van der Waals surface area contributed by atoms with Gasteiger partial charge in [0.2, 0.25) is 6.17 Å². The Kier molecular flexibility index (Phi) is 6.89. The van der Waals surface area contributed by atoms with Crippen molar-refractivity contribution in [2.24, 2.45) is 10.9 Å². The van der Waals surface area contributed by atoms with Gasteiger partial charge in [0.1, 0.15) is 6.61 Å². The molecule has 1 atom stereocenters. The Balaban J connectivity index is 1.47. The number of alkyl carbamates (subject to hydrolysis) is 1. The van der Waals surface area contributed by atoms with Gasteiger partial charge < -0.3 is 9.64 Å². The molecule has 1 heterocycles. The molecule has 1 saturated carbocycles. The quantitative estimate of drug-likeness (QED) is 0.539. The van der Waals surface area contributed by atoms with Gasteiger partial charge in [-0.15, -0.1) is 0 Å². The summed E-state index contributed by atoms with van der Waals surface area (Å²) in [6.45, 7) is 0.00227. The Morgan fingerprint density at radius 2 is 1.58 bits per heavy atom. The van der Waals surface area contributed by atoms with E-state index in [4.69, 9.17) is 9.73 Å². The van der Waals surface area contributed by atoms with E-state index >= 15 is 0 Å². The van der Waals surface area contributed by atoms with E-state index < -0.39 is 18.2 Å². The zero-order chi connectivity index (χ0) is 24.9. The maximum atomic E-state index is 13.8. The van der Waals surface area contributed by atoms with Crippen LogP contribution < -0.4 is 10.2 Å². The van der Waals surface area contributed by atoms with Gasteiger partial charge in [-0.2, -0.15) is 0 Å². The second-order valence-corrected chi connectivity index (χ2v) is 8.99. The number of carbonyl (C=O) groups excluding carboxylic acids is 3. The van der Waals surface area contributed by atoms with Gasteiger partial charge in [0, 0.05) is 17.0 Å². The minimum Gasteiger partial charge on any atom is -0.445 e. The molecule has 5 rings (SSSR count). The average molecular weight is 482 g/mol. The number of carbonyl (C=O) groups is 3. The van der Waals surface area contributed by atoms with Gasteiger partial charge in [-0.3, -0.25) is 14.9 Å². The molecule has 2 amide bonds. The summed E-state index contributed by atoms with van der Waals surface area (Å²) in [6, 6.07) is 26.2. The number of para-hydroxylation sites is 1. The van der Waals surface area contributed by atoms with Crippen molar-refractivity contribution in [2.75, 3.05) is 11.4 Å². The standard InChI is InChI=1S/C29H27N3O4/c33-25(21-14-9-15-21)18-32-24-17-8-7-16-23(24)26(22-12-5-2-6-13-22)30-27(28(32)34)31-29(35)36-19-20-10-3-1-4-11-20/h1-8,10-13,16-17,21,27H,9,14-15,18-19H2,(H,31,35)/t27-/m1/s1. The first-order chi connectivity index (χ1) is 17.6. The van der Waals surface area contributed by atoms with E-state index in [0.29, 0.717) is 11.4 Å². The lowest BCUT2D eigenvalue weighted by Crippen LogP contribution is -2.49. The van der Waals surface area contributed by atoms with Crippen molar-refractivity contribution in [1.29, 1.82) is 0 Å². The van der Waals surface area contributed by atoms with Crippen LogP contribution in [0.3, 0.4) is 0 Å². The normalized spacial score (nSPS) is 17.3. The lowest BCUT2D eigenvalue weighted by atomic mass is 9.82. The van der Waals surface area contributed by atoms with E-state index in [1.807, 2.05) is 84.9 Å². The van der Waals surface area contributed by atoms with Crippen LogP contribution in [0.1, 0.15) is 36.0 Å². The molecule has 0 saturated heterocycles. The lowest BCUT2D eigenvalue weighted by Gasteiger charge is -2.29. The van der Waals surface area contributed by atoms with Crippen LogP contribution in [-0.2, 0) is 20.9 Å². The second kappa shape index (κ2) is 10.6. The van der Waals surface area contributed by atoms with Crippen LogP contribution in [0.15, 0.2) is 89.9 Å². The molecule has 2 aliphatic rings. The van der Waals surface area contributed by atoms with Crippen LogP contribution in [0, 0.1) is 5.92 Å². The van der Waals surface area contributed by atoms with Crippen molar-refractivity contribution in [1.82, 2.24) is 5.32 Å². The Morgan fingerprint density at radius 3 is 2.28 bits per heavy atom. The van der Waals surface area contributed by atoms with Crippen LogP contribution in [0.5, 0.6) is 0 Å². The first kappa shape index (κ1) is 23.5. The summed E-state index contributed by atoms with van der Waals surface area (Å²) in [7, 11) is 0. The van der Waals surface area contributed by atoms with Crippen molar-refractivity contribution >= 4 is 29.2 Å². The average Bonchev–Trinajstić information content (AvgIpc) is 2.98. The molecule has 0 spiro atoms. The number of ketones is 1. The first-order valence-electron chi connectivity index (χ1n) is 12.1. The Hall–Kier alpha value is -4.26. The van der Waals surface area contributed by atoms with Crippen molar-refractivity contribution in [3.05, 3.63) is 102 Å². The summed E-state index contributed by atoms with van der Waals surface area (Å²) in [5, 5.41) is 2.62. The number of anilines is 1. The zero-order valence-electron chi connectivity index (χ0n) is 19.8. The van der Waals surface area contributed by atoms with E-state index in [9.17, 15) is 14.4 Å². The number of hydrogen-bond donors (Lipinski definition) is 1. The molecule has 3 aromatic rings. The van der Waals surface area contributed by atoms with Crippen LogP contribution in [0.25, 0.3) is 0 Å². The van der Waals surface area contributed by atoms with Gasteiger partial charge in [-0.1, -0.05) is 85.3 Å². The van der Waals surface area contributed by atoms with Gasteiger partial charge in [0.15, 0.2) is 5.78 Å². The maximum absolute atomic E-state index is 13.8. The first-order valence-corrected chi connectivity index (χ1v) is 12.1. The number of nitrogens with one attached hydrogen (secondary N) is 1. The molecule has 0 bridgehead atoms. The van der Waals surface area contributed by atoms with Crippen LogP contribution in [-0.4, -0.2) is 36.2 Å². The van der Waals surface area contributed by atoms with Crippen LogP contribution in [0.4, 0.5) is 10.5 Å². The second-order valence-electron chi connectivity index (χ2n) is 8.99. The number of amides is 2. The molecule has 1 aliphatic heterocycles. The number of ether oxygens (including phenoxy) is 1. The minimum atomic E-state index is -1.25. The summed E-state index contributed by atoms with van der Waals surface area (Å²) in [6.07, 6.45) is 0.720. The largest absolute Gasteiger partial charge is 0.445 e. The number of benzene rings is 3. The molecule has 7 heteroatoms. The number of rotatable bonds is 7. The lowest BCUT2D eigenvalue weighted by molar-refractivity contribution is -0.127. The fourth-order valence-corrected chi connectivity index (χ4v) is 4.40. The highest BCUT2D eigenvalue weighted by Gasteiger charge is 2.36. The maximum Gasteiger partial charge on any atom is 0.409 e. The predicted molar refractivity (Wildman–Crippen MR) is 137 cm³/mol. The fourth-order valence-electron chi connectivity index (χ4n) is 4.40. The summed E-state index contributed by atoms with van der Waals surface area (Å²) >= 11 is 0. The number of Topliss-reactive ketones (excluding diaryl/α,β-unsaturated/α-hetero) is 1. The Labute approximate surface area is 209 Å². The van der Waals surface area contributed by atoms with Crippen molar-refractivity contribution in [3.63, 3.8) is 0 Å². The van der Waals surface area contributed by atoms with Crippen molar-refractivity contribution in [3.8, 4) is 0 Å². The Bertz CT molecular complexity index is 1290. The minimum absolute atomic E-state index is 0.0232. The topological polar surface area (TPSA) is 88.1 Å². The highest BCUT2D eigenvalue weighted by molar-refractivity contribution is 6.21. The number of hydrogen-bond acceptors (Lipinski definition) is 5. The third-order valence-electron chi connectivity index (χ3n) is 6.60. The molecule has 3 aromatic carbocycles. The van der Waals surface area contributed by atoms with Gasteiger partial charge in [0.05, 0.1) is 17.9 Å². The third-order valence-corrected chi connectivity index (χ3v) is 6.60. The molecule has 0 radical (unpaired) electrons. The molecular weight excluding hydrogens is 454 g/mol. The third kappa shape index (κ3) is 5.05. The molecule has 1 aliphatic carbocycles. The van der Waals surface area contributed by atoms with Crippen molar-refractivity contribution in [2.45, 2.75) is 32.0 Å². The zero-order valence-corrected chi connectivity index (χ0v) is 19.8. The summed E-state index contributed by atoms with van der Waals surface area (Å²) in [4.78, 5) is 45.6. The van der Waals surface area contributed by atoms with Gasteiger partial charge >= 0.3 is 6.09 Å². The van der Waals surface area contributed by atoms with Crippen LogP contribution >= 0.6 is 0 Å². The molecule has 0 unspecified atom stereocenters. The highest BCUT2D eigenvalue weighted by Crippen LogP contribution is 2.31. The molecule has 1 fully saturated rings. The number of benzodiazepines with no additional fused rings is 1. The smallest absolute Gasteiger partial charge is 0.409 e. The van der Waals surface area contributed by atoms with Gasteiger partial charge in [-0.05, 0) is 24.5 Å². The molecule has 36 heavy (non-hydrogen) atoms. The molecule has 1 N–H and O–H groups in total. The fraction of sp³-hybridized carbons (Fsp3) is 0.241. The predicted octanol–water partition coefficient (Wildman–Crippen LogP) is 4.49. The molecule has 7 nitrogen and oxygen atoms in total. The van der Waals surface area contributed by atoms with Crippen LogP contribution in [0.2, 0.25) is 0 Å². The monoisotopic (exact) mass is 481 g/mol. The van der Waals surface area contributed by atoms with E-state index in [2.05, 4.69) is 5.32 Å². The van der Waals surface area contributed by atoms with E-state index in [-0.39, 0.29) is 24.9 Å². The van der Waals surface area contributed by atoms with Gasteiger partial charge in [-0.25, -0.2) is 9.79 Å². The SMILES string of the molecule is O=C(N[C@H]1N=C(c2ccccc2)c2ccccc2N(CC(=O)C2CCC2)C1=O)OCc1ccccc1. The van der Waals surface area contributed by atoms with E-state index in [0.717, 1.165) is 36.0 Å². The van der Waals surface area contributed by atoms with Crippen molar-refractivity contribution < 1.29 is 19.1 Å². The highest BCUT2D eigenvalue weighted by atomic mass is 16.5. The molecule has 182 valence electrons.